The molecule has 0 unspecified atom stereocenters. The first-order valence-electron chi connectivity index (χ1n) is 19.2. The first kappa shape index (κ1) is 42.3. The van der Waals surface area contributed by atoms with Crippen LogP contribution in [0.2, 0.25) is 0 Å². The molecule has 0 aromatic heterocycles. The second-order valence-electron chi connectivity index (χ2n) is 14.0. The molecule has 0 saturated carbocycles. The van der Waals surface area contributed by atoms with E-state index in [0.717, 1.165) is 44.4 Å². The Morgan fingerprint density at radius 3 is 1.26 bits per heavy atom. The van der Waals surface area contributed by atoms with Crippen molar-refractivity contribution in [1.82, 2.24) is 5.32 Å². The van der Waals surface area contributed by atoms with Crippen molar-refractivity contribution in [1.29, 1.82) is 0 Å². The standard InChI is InChI=1S/C38H77NO4/c1-4-5-6-7-8-9-10-11-12-13-14-15-16-17-18-23-26-29-32-37(42)39-35(33-40)38(43)36(41)31-28-25-22-20-19-21-24-27-30-34(2)3/h34-36,38,40-41,43H,4-33H2,1-3H3,(H,39,42)/t35-,36+,38-/m0/s1. The number of carbonyl (C=O) groups is 1. The summed E-state index contributed by atoms with van der Waals surface area (Å²) >= 11 is 0. The average Bonchev–Trinajstić information content (AvgIpc) is 2.99. The highest BCUT2D eigenvalue weighted by Crippen LogP contribution is 2.16. The SMILES string of the molecule is CCCCCCCCCCCCCCCCCCCCC(=O)N[C@@H](CO)[C@H](O)[C@H](O)CCCCCCCCCCC(C)C. The van der Waals surface area contributed by atoms with Crippen LogP contribution < -0.4 is 5.32 Å². The molecule has 0 fully saturated rings. The zero-order valence-electron chi connectivity index (χ0n) is 29.3. The lowest BCUT2D eigenvalue weighted by Crippen LogP contribution is -2.50. The molecule has 43 heavy (non-hydrogen) atoms. The van der Waals surface area contributed by atoms with E-state index in [1.165, 1.54) is 135 Å². The molecular formula is C38H77NO4. The van der Waals surface area contributed by atoms with Crippen LogP contribution in [0, 0.1) is 5.92 Å². The molecule has 0 aromatic carbocycles. The van der Waals surface area contributed by atoms with E-state index in [9.17, 15) is 20.1 Å². The van der Waals surface area contributed by atoms with Gasteiger partial charge < -0.3 is 20.6 Å². The van der Waals surface area contributed by atoms with Crippen LogP contribution in [0.1, 0.15) is 207 Å². The number of rotatable bonds is 34. The molecule has 5 heteroatoms. The smallest absolute Gasteiger partial charge is 0.220 e. The van der Waals surface area contributed by atoms with Crippen molar-refractivity contribution in [2.24, 2.45) is 5.92 Å². The maximum Gasteiger partial charge on any atom is 0.220 e. The lowest BCUT2D eigenvalue weighted by atomic mass is 9.99. The number of aliphatic hydroxyl groups excluding tert-OH is 3. The van der Waals surface area contributed by atoms with Crippen LogP contribution in [0.3, 0.4) is 0 Å². The number of amides is 1. The highest BCUT2D eigenvalue weighted by Gasteiger charge is 2.26. The van der Waals surface area contributed by atoms with E-state index < -0.39 is 18.2 Å². The van der Waals surface area contributed by atoms with Gasteiger partial charge in [0.2, 0.25) is 5.91 Å². The Kier molecular flexibility index (Phi) is 32.2. The molecule has 0 bridgehead atoms. The van der Waals surface area contributed by atoms with Crippen molar-refractivity contribution in [2.45, 2.75) is 225 Å². The summed E-state index contributed by atoms with van der Waals surface area (Å²) in [6.07, 6.45) is 33.5. The summed E-state index contributed by atoms with van der Waals surface area (Å²) in [6.45, 7) is 6.48. The van der Waals surface area contributed by atoms with Crippen molar-refractivity contribution in [3.63, 3.8) is 0 Å². The second-order valence-corrected chi connectivity index (χ2v) is 14.0. The maximum atomic E-state index is 12.4. The molecule has 0 rings (SSSR count). The van der Waals surface area contributed by atoms with Crippen molar-refractivity contribution < 1.29 is 20.1 Å². The third-order valence-electron chi connectivity index (χ3n) is 9.14. The van der Waals surface area contributed by atoms with E-state index in [1.807, 2.05) is 0 Å². The van der Waals surface area contributed by atoms with Gasteiger partial charge in [0.25, 0.3) is 0 Å². The first-order valence-corrected chi connectivity index (χ1v) is 19.2. The van der Waals surface area contributed by atoms with Gasteiger partial charge in [0.15, 0.2) is 0 Å². The van der Waals surface area contributed by atoms with Crippen LogP contribution in [-0.2, 0) is 4.79 Å². The number of aliphatic hydroxyl groups is 3. The van der Waals surface area contributed by atoms with Crippen LogP contribution in [0.15, 0.2) is 0 Å². The summed E-state index contributed by atoms with van der Waals surface area (Å²) in [6, 6.07) is -0.802. The minimum Gasteiger partial charge on any atom is -0.394 e. The molecule has 0 aliphatic carbocycles. The maximum absolute atomic E-state index is 12.4. The molecular weight excluding hydrogens is 534 g/mol. The Morgan fingerprint density at radius 1 is 0.535 bits per heavy atom. The van der Waals surface area contributed by atoms with Crippen molar-refractivity contribution in [3.8, 4) is 0 Å². The molecule has 0 aliphatic heterocycles. The Bertz CT molecular complexity index is 570. The van der Waals surface area contributed by atoms with Gasteiger partial charge in [-0.25, -0.2) is 0 Å². The topological polar surface area (TPSA) is 89.8 Å². The van der Waals surface area contributed by atoms with Gasteiger partial charge in [-0.15, -0.1) is 0 Å². The van der Waals surface area contributed by atoms with Gasteiger partial charge in [-0.2, -0.15) is 0 Å². The van der Waals surface area contributed by atoms with Gasteiger partial charge in [0, 0.05) is 6.42 Å². The predicted molar refractivity (Wildman–Crippen MR) is 185 cm³/mol. The van der Waals surface area contributed by atoms with Crippen molar-refractivity contribution >= 4 is 5.91 Å². The Hall–Kier alpha value is -0.650. The molecule has 0 aromatic rings. The predicted octanol–water partition coefficient (Wildman–Crippen LogP) is 10.2. The molecule has 4 N–H and O–H groups in total. The Morgan fingerprint density at radius 2 is 0.884 bits per heavy atom. The molecule has 1 amide bonds. The zero-order chi connectivity index (χ0) is 31.8. The fourth-order valence-corrected chi connectivity index (χ4v) is 6.11. The average molecular weight is 612 g/mol. The van der Waals surface area contributed by atoms with E-state index in [2.05, 4.69) is 26.1 Å². The molecule has 0 spiro atoms. The quantitative estimate of drug-likeness (QED) is 0.0545. The molecule has 0 radical (unpaired) electrons. The number of hydrogen-bond donors (Lipinski definition) is 4. The largest absolute Gasteiger partial charge is 0.394 e. The third-order valence-corrected chi connectivity index (χ3v) is 9.14. The van der Waals surface area contributed by atoms with Gasteiger partial charge in [-0.3, -0.25) is 4.79 Å². The summed E-state index contributed by atoms with van der Waals surface area (Å²) in [4.78, 5) is 12.4. The third kappa shape index (κ3) is 29.8. The molecule has 0 aliphatic rings. The van der Waals surface area contributed by atoms with Gasteiger partial charge in [-0.1, -0.05) is 188 Å². The van der Waals surface area contributed by atoms with Crippen molar-refractivity contribution in [3.05, 3.63) is 0 Å². The fourth-order valence-electron chi connectivity index (χ4n) is 6.11. The zero-order valence-corrected chi connectivity index (χ0v) is 29.3. The van der Waals surface area contributed by atoms with E-state index in [-0.39, 0.29) is 12.5 Å². The number of carbonyl (C=O) groups excluding carboxylic acids is 1. The monoisotopic (exact) mass is 612 g/mol. The minimum atomic E-state index is -1.13. The summed E-state index contributed by atoms with van der Waals surface area (Å²) in [5.74, 6) is 0.661. The van der Waals surface area contributed by atoms with E-state index >= 15 is 0 Å². The van der Waals surface area contributed by atoms with Crippen molar-refractivity contribution in [2.75, 3.05) is 6.61 Å². The van der Waals surface area contributed by atoms with E-state index in [4.69, 9.17) is 0 Å². The summed E-state index contributed by atoms with van der Waals surface area (Å²) in [5.41, 5.74) is 0. The first-order chi connectivity index (χ1) is 20.9. The van der Waals surface area contributed by atoms with Gasteiger partial charge in [0.05, 0.1) is 18.8 Å². The fraction of sp³-hybridized carbons (Fsp3) is 0.974. The summed E-state index contributed by atoms with van der Waals surface area (Å²) < 4.78 is 0. The molecule has 258 valence electrons. The Labute approximate surface area is 268 Å². The lowest BCUT2D eigenvalue weighted by molar-refractivity contribution is -0.124. The normalized spacial score (nSPS) is 13.8. The lowest BCUT2D eigenvalue weighted by Gasteiger charge is -2.26. The molecule has 0 heterocycles. The minimum absolute atomic E-state index is 0.143. The second kappa shape index (κ2) is 32.7. The summed E-state index contributed by atoms with van der Waals surface area (Å²) in [7, 11) is 0. The van der Waals surface area contributed by atoms with E-state index in [1.54, 1.807) is 0 Å². The molecule has 0 saturated heterocycles. The van der Waals surface area contributed by atoms with Crippen LogP contribution in [0.5, 0.6) is 0 Å². The number of hydrogen-bond acceptors (Lipinski definition) is 4. The van der Waals surface area contributed by atoms with E-state index in [0.29, 0.717) is 12.8 Å². The van der Waals surface area contributed by atoms with Gasteiger partial charge in [0.1, 0.15) is 6.10 Å². The summed E-state index contributed by atoms with van der Waals surface area (Å²) in [5, 5.41) is 33.3. The molecule has 3 atom stereocenters. The van der Waals surface area contributed by atoms with Crippen LogP contribution in [0.25, 0.3) is 0 Å². The van der Waals surface area contributed by atoms with Crippen LogP contribution in [0.4, 0.5) is 0 Å². The van der Waals surface area contributed by atoms with Crippen LogP contribution in [-0.4, -0.2) is 46.1 Å². The van der Waals surface area contributed by atoms with Gasteiger partial charge in [-0.05, 0) is 18.8 Å². The molecule has 5 nitrogen and oxygen atoms in total. The Balaban J connectivity index is 3.62. The number of nitrogens with one attached hydrogen (secondary N) is 1. The van der Waals surface area contributed by atoms with Crippen LogP contribution >= 0.6 is 0 Å². The van der Waals surface area contributed by atoms with Gasteiger partial charge >= 0.3 is 0 Å². The highest BCUT2D eigenvalue weighted by atomic mass is 16.3. The number of unbranched alkanes of at least 4 members (excludes halogenated alkanes) is 24. The highest BCUT2D eigenvalue weighted by molar-refractivity contribution is 5.76.